The number of hydrogen-bond acceptors (Lipinski definition) is 2. The standard InChI is InChI=1S/C8F17NO/c9-1(10,3(13,14)15)2(11,12)4(16,17)26-5(18,19)7(22,23)27-8(24,25)6(26,20)21. The van der Waals surface area contributed by atoms with Gasteiger partial charge in [0.05, 0.1) is 0 Å². The molecule has 0 N–H and O–H groups in total. The van der Waals surface area contributed by atoms with E-state index in [1.54, 1.807) is 4.74 Å². The second kappa shape index (κ2) is 5.41. The molecular formula is C8F17NO. The number of hydrogen-bond donors (Lipinski definition) is 0. The quantitative estimate of drug-likeness (QED) is 0.439. The Morgan fingerprint density at radius 1 is 0.519 bits per heavy atom. The molecule has 1 fully saturated rings. The average Bonchev–Trinajstić information content (AvgIpc) is 2.32. The summed E-state index contributed by atoms with van der Waals surface area (Å²) in [5.74, 6) is -16.5. The van der Waals surface area contributed by atoms with Gasteiger partial charge in [-0.25, -0.2) is 4.74 Å². The molecule has 0 amide bonds. The normalized spacial score (nSPS) is 26.1. The van der Waals surface area contributed by atoms with Gasteiger partial charge in [0.25, 0.3) is 0 Å². The van der Waals surface area contributed by atoms with Gasteiger partial charge < -0.3 is 0 Å². The lowest BCUT2D eigenvalue weighted by molar-refractivity contribution is -0.598. The van der Waals surface area contributed by atoms with Gasteiger partial charge in [0.1, 0.15) is 0 Å². The molecule has 0 atom stereocenters. The third-order valence-corrected chi connectivity index (χ3v) is 2.93. The van der Waals surface area contributed by atoms with E-state index in [1.807, 2.05) is 0 Å². The average molecular weight is 449 g/mol. The van der Waals surface area contributed by atoms with Crippen molar-refractivity contribution in [3.63, 3.8) is 0 Å². The van der Waals surface area contributed by atoms with Crippen LogP contribution in [0.2, 0.25) is 0 Å². The monoisotopic (exact) mass is 449 g/mol. The maximum atomic E-state index is 13.3. The highest BCUT2D eigenvalue weighted by Gasteiger charge is 2.93. The maximum Gasteiger partial charge on any atom is 0.460 e. The summed E-state index contributed by atoms with van der Waals surface area (Å²) in [5.41, 5.74) is 0. The van der Waals surface area contributed by atoms with Crippen LogP contribution in [0.25, 0.3) is 0 Å². The molecule has 19 heteroatoms. The lowest BCUT2D eigenvalue weighted by atomic mass is 10.1. The minimum absolute atomic E-state index is 1.59. The molecule has 162 valence electrons. The number of morpholine rings is 1. The number of alkyl halides is 17. The Morgan fingerprint density at radius 3 is 1.07 bits per heavy atom. The fourth-order valence-electron chi connectivity index (χ4n) is 1.58. The van der Waals surface area contributed by atoms with Gasteiger partial charge in [0.2, 0.25) is 0 Å². The van der Waals surface area contributed by atoms with Gasteiger partial charge in [-0.2, -0.15) is 74.6 Å². The Bertz CT molecular complexity index is 564. The van der Waals surface area contributed by atoms with Gasteiger partial charge in [0, 0.05) is 0 Å². The van der Waals surface area contributed by atoms with Gasteiger partial charge in [-0.1, -0.05) is 4.90 Å². The predicted octanol–water partition coefficient (Wildman–Crippen LogP) is 5.12. The lowest BCUT2D eigenvalue weighted by Crippen LogP contribution is -2.81. The van der Waals surface area contributed by atoms with E-state index < -0.39 is 53.3 Å². The van der Waals surface area contributed by atoms with E-state index in [1.165, 1.54) is 0 Å². The highest BCUT2D eigenvalue weighted by atomic mass is 19.4. The van der Waals surface area contributed by atoms with E-state index in [-0.39, 0.29) is 0 Å². The largest absolute Gasteiger partial charge is 0.460 e. The molecule has 0 saturated carbocycles. The van der Waals surface area contributed by atoms with Crippen LogP contribution in [0.3, 0.4) is 0 Å². The summed E-state index contributed by atoms with van der Waals surface area (Å²) in [6.45, 7) is 0. The topological polar surface area (TPSA) is 12.5 Å². The van der Waals surface area contributed by atoms with Gasteiger partial charge in [-0.15, -0.1) is 0 Å². The zero-order valence-corrected chi connectivity index (χ0v) is 11.3. The molecule has 0 aromatic carbocycles. The molecule has 1 saturated heterocycles. The summed E-state index contributed by atoms with van der Waals surface area (Å²) < 4.78 is 218. The Hall–Kier alpha value is -1.27. The molecule has 1 heterocycles. The summed E-state index contributed by atoms with van der Waals surface area (Å²) in [6, 6.07) is -23.6. The van der Waals surface area contributed by atoms with Crippen LogP contribution in [0.15, 0.2) is 0 Å². The molecular weight excluding hydrogens is 449 g/mol. The van der Waals surface area contributed by atoms with Crippen LogP contribution in [0.5, 0.6) is 0 Å². The lowest BCUT2D eigenvalue weighted by Gasteiger charge is -2.51. The first-order valence-corrected chi connectivity index (χ1v) is 5.54. The van der Waals surface area contributed by atoms with Crippen molar-refractivity contribution in [1.29, 1.82) is 0 Å². The van der Waals surface area contributed by atoms with E-state index in [0.29, 0.717) is 0 Å². The molecule has 0 unspecified atom stereocenters. The van der Waals surface area contributed by atoms with Crippen molar-refractivity contribution in [3.05, 3.63) is 0 Å². The second-order valence-electron chi connectivity index (χ2n) is 4.74. The van der Waals surface area contributed by atoms with Crippen molar-refractivity contribution < 1.29 is 79.4 Å². The third kappa shape index (κ3) is 2.79. The van der Waals surface area contributed by atoms with E-state index in [9.17, 15) is 74.6 Å². The molecule has 0 radical (unpaired) electrons. The Kier molecular flexibility index (Phi) is 4.76. The second-order valence-corrected chi connectivity index (χ2v) is 4.74. The van der Waals surface area contributed by atoms with Crippen molar-refractivity contribution in [2.75, 3.05) is 0 Å². The number of rotatable bonds is 3. The van der Waals surface area contributed by atoms with Gasteiger partial charge in [-0.05, 0) is 0 Å². The molecule has 27 heavy (non-hydrogen) atoms. The molecule has 1 aliphatic rings. The minimum Gasteiger partial charge on any atom is -0.243 e. The van der Waals surface area contributed by atoms with Crippen LogP contribution in [-0.2, 0) is 4.74 Å². The molecule has 1 aliphatic heterocycles. The molecule has 0 bridgehead atoms. The Labute approximate surface area is 134 Å². The summed E-state index contributed by atoms with van der Waals surface area (Å²) >= 11 is 0. The fraction of sp³-hybridized carbons (Fsp3) is 1.00. The van der Waals surface area contributed by atoms with E-state index in [0.717, 1.165) is 0 Å². The van der Waals surface area contributed by atoms with Gasteiger partial charge >= 0.3 is 48.4 Å². The summed E-state index contributed by atoms with van der Waals surface area (Å²) in [6.07, 6.45) is -22.1. The predicted molar refractivity (Wildman–Crippen MR) is 43.6 cm³/mol. The van der Waals surface area contributed by atoms with Crippen molar-refractivity contribution in [2.24, 2.45) is 0 Å². The van der Waals surface area contributed by atoms with Crippen molar-refractivity contribution in [1.82, 2.24) is 4.90 Å². The van der Waals surface area contributed by atoms with Crippen LogP contribution >= 0.6 is 0 Å². The molecule has 0 aromatic rings. The van der Waals surface area contributed by atoms with E-state index in [2.05, 4.69) is 0 Å². The molecule has 0 aromatic heterocycles. The first-order valence-electron chi connectivity index (χ1n) is 5.54. The maximum absolute atomic E-state index is 13.3. The Balaban J connectivity index is 3.80. The van der Waals surface area contributed by atoms with Crippen LogP contribution in [0, 0.1) is 0 Å². The SMILES string of the molecule is FC(F)(F)C(F)(F)C(F)(F)C(F)(F)N1C(F)(F)C(F)(F)OC(F)(F)C1(F)F. The van der Waals surface area contributed by atoms with Crippen LogP contribution in [-0.4, -0.2) is 53.3 Å². The number of nitrogens with zero attached hydrogens (tertiary/aromatic N) is 1. The molecule has 0 spiro atoms. The zero-order chi connectivity index (χ0) is 22.3. The summed E-state index contributed by atoms with van der Waals surface area (Å²) in [4.78, 5) is -4.43. The summed E-state index contributed by atoms with van der Waals surface area (Å²) in [7, 11) is 0. The molecule has 1 rings (SSSR count). The Morgan fingerprint density at radius 2 is 0.815 bits per heavy atom. The first-order chi connectivity index (χ1) is 11.3. The van der Waals surface area contributed by atoms with Crippen LogP contribution < -0.4 is 0 Å². The van der Waals surface area contributed by atoms with E-state index in [4.69, 9.17) is 0 Å². The van der Waals surface area contributed by atoms with Crippen LogP contribution in [0.1, 0.15) is 0 Å². The third-order valence-electron chi connectivity index (χ3n) is 2.93. The number of halogens is 17. The first kappa shape index (κ1) is 23.8. The fourth-order valence-corrected chi connectivity index (χ4v) is 1.58. The smallest absolute Gasteiger partial charge is 0.243 e. The minimum atomic E-state index is -8.37. The van der Waals surface area contributed by atoms with Crippen molar-refractivity contribution >= 4 is 0 Å². The molecule has 0 aliphatic carbocycles. The van der Waals surface area contributed by atoms with Gasteiger partial charge in [0.15, 0.2) is 0 Å². The highest BCUT2D eigenvalue weighted by Crippen LogP contribution is 2.63. The van der Waals surface area contributed by atoms with Crippen molar-refractivity contribution in [3.8, 4) is 0 Å². The molecule has 2 nitrogen and oxygen atoms in total. The summed E-state index contributed by atoms with van der Waals surface area (Å²) in [5, 5.41) is 0. The van der Waals surface area contributed by atoms with Crippen molar-refractivity contribution in [2.45, 2.75) is 48.4 Å². The zero-order valence-electron chi connectivity index (χ0n) is 11.3. The van der Waals surface area contributed by atoms with Gasteiger partial charge in [-0.3, -0.25) is 0 Å². The number of ether oxygens (including phenoxy) is 1. The van der Waals surface area contributed by atoms with Crippen LogP contribution in [0.4, 0.5) is 74.6 Å². The highest BCUT2D eigenvalue weighted by molar-refractivity contribution is 5.06. The van der Waals surface area contributed by atoms with E-state index >= 15 is 0 Å².